The molecule has 1 aromatic rings. The summed E-state index contributed by atoms with van der Waals surface area (Å²) in [4.78, 5) is 32.1. The minimum atomic E-state index is -0.946. The van der Waals surface area contributed by atoms with Gasteiger partial charge in [0.1, 0.15) is 5.02 Å². The maximum atomic E-state index is 11.6. The topological polar surface area (TPSA) is 122 Å². The lowest BCUT2D eigenvalue weighted by molar-refractivity contribution is -0.384. The van der Waals surface area contributed by atoms with Gasteiger partial charge >= 0.3 is 12.0 Å². The van der Waals surface area contributed by atoms with Crippen molar-refractivity contribution >= 4 is 35.0 Å². The van der Waals surface area contributed by atoms with Gasteiger partial charge in [-0.25, -0.2) is 4.79 Å². The molecule has 0 aliphatic heterocycles. The zero-order chi connectivity index (χ0) is 16.0. The molecule has 1 atom stereocenters. The number of carbonyl (C=O) groups is 2. The van der Waals surface area contributed by atoms with Crippen molar-refractivity contribution < 1.29 is 19.6 Å². The van der Waals surface area contributed by atoms with E-state index in [4.69, 9.17) is 16.7 Å². The van der Waals surface area contributed by atoms with Crippen LogP contribution in [-0.4, -0.2) is 28.6 Å². The lowest BCUT2D eigenvalue weighted by Gasteiger charge is -2.11. The highest BCUT2D eigenvalue weighted by Gasteiger charge is 2.14. The lowest BCUT2D eigenvalue weighted by atomic mass is 10.1. The number of hydrogen-bond donors (Lipinski definition) is 3. The molecule has 8 nitrogen and oxygen atoms in total. The fourth-order valence-corrected chi connectivity index (χ4v) is 1.73. The molecule has 0 aliphatic carbocycles. The van der Waals surface area contributed by atoms with Gasteiger partial charge in [0.05, 0.1) is 4.92 Å². The number of carboxylic acid groups (broad SMARTS) is 1. The summed E-state index contributed by atoms with van der Waals surface area (Å²) in [7, 11) is 0. The molecular formula is C12H14ClN3O5. The lowest BCUT2D eigenvalue weighted by Crippen LogP contribution is -2.33. The number of nitro benzene ring substituents is 1. The van der Waals surface area contributed by atoms with Gasteiger partial charge in [-0.1, -0.05) is 18.5 Å². The molecule has 0 aromatic heterocycles. The monoisotopic (exact) mass is 315 g/mol. The summed E-state index contributed by atoms with van der Waals surface area (Å²) in [6.45, 7) is 1.86. The smallest absolute Gasteiger partial charge is 0.319 e. The Morgan fingerprint density at radius 1 is 1.48 bits per heavy atom. The standard InChI is InChI=1S/C12H14ClN3O5/c1-7(4-11(17)18)6-14-12(19)15-8-2-3-9(13)10(5-8)16(20)21/h2-3,5,7H,4,6H2,1H3,(H,17,18)(H2,14,15,19). The normalized spacial score (nSPS) is 11.5. The summed E-state index contributed by atoms with van der Waals surface area (Å²) in [5, 5.41) is 24.2. The maximum absolute atomic E-state index is 11.6. The van der Waals surface area contributed by atoms with E-state index in [0.717, 1.165) is 6.07 Å². The number of urea groups is 1. The second kappa shape index (κ2) is 7.44. The Morgan fingerprint density at radius 2 is 2.14 bits per heavy atom. The van der Waals surface area contributed by atoms with Crippen LogP contribution in [0.2, 0.25) is 5.02 Å². The minimum absolute atomic E-state index is 0.0268. The predicted molar refractivity (Wildman–Crippen MR) is 76.5 cm³/mol. The molecule has 1 rings (SSSR count). The van der Waals surface area contributed by atoms with Crippen molar-refractivity contribution in [3.05, 3.63) is 33.3 Å². The molecule has 21 heavy (non-hydrogen) atoms. The molecule has 114 valence electrons. The molecule has 0 spiro atoms. The average molecular weight is 316 g/mol. The molecule has 1 aromatic carbocycles. The number of nitrogens with zero attached hydrogens (tertiary/aromatic N) is 1. The van der Waals surface area contributed by atoms with Crippen molar-refractivity contribution in [1.29, 1.82) is 0 Å². The number of anilines is 1. The molecular weight excluding hydrogens is 302 g/mol. The van der Waals surface area contributed by atoms with Crippen molar-refractivity contribution in [3.8, 4) is 0 Å². The molecule has 2 amide bonds. The van der Waals surface area contributed by atoms with Crippen LogP contribution in [0.1, 0.15) is 13.3 Å². The number of halogens is 1. The van der Waals surface area contributed by atoms with E-state index in [1.807, 2.05) is 0 Å². The summed E-state index contributed by atoms with van der Waals surface area (Å²) in [5.41, 5.74) is -0.0943. The number of carboxylic acids is 1. The highest BCUT2D eigenvalue weighted by molar-refractivity contribution is 6.32. The number of amides is 2. The van der Waals surface area contributed by atoms with Crippen LogP contribution in [-0.2, 0) is 4.79 Å². The number of nitrogens with one attached hydrogen (secondary N) is 2. The summed E-state index contributed by atoms with van der Waals surface area (Å²) in [5.74, 6) is -1.18. The largest absolute Gasteiger partial charge is 0.481 e. The Balaban J connectivity index is 2.57. The predicted octanol–water partition coefficient (Wildman–Crippen LogP) is 2.48. The van der Waals surface area contributed by atoms with Gasteiger partial charge in [-0.3, -0.25) is 14.9 Å². The zero-order valence-corrected chi connectivity index (χ0v) is 11.9. The van der Waals surface area contributed by atoms with Gasteiger partial charge in [0, 0.05) is 24.7 Å². The van der Waals surface area contributed by atoms with Gasteiger partial charge in [0.15, 0.2) is 0 Å². The van der Waals surface area contributed by atoms with Crippen LogP contribution in [0.15, 0.2) is 18.2 Å². The first-order valence-corrected chi connectivity index (χ1v) is 6.38. The molecule has 3 N–H and O–H groups in total. The van der Waals surface area contributed by atoms with Crippen LogP contribution in [0, 0.1) is 16.0 Å². The molecule has 0 bridgehead atoms. The highest BCUT2D eigenvalue weighted by atomic mass is 35.5. The van der Waals surface area contributed by atoms with E-state index in [1.54, 1.807) is 6.92 Å². The third kappa shape index (κ3) is 5.65. The van der Waals surface area contributed by atoms with E-state index in [9.17, 15) is 19.7 Å². The molecule has 0 aliphatic rings. The summed E-state index contributed by atoms with van der Waals surface area (Å²) < 4.78 is 0. The summed E-state index contributed by atoms with van der Waals surface area (Å²) >= 11 is 5.65. The van der Waals surface area contributed by atoms with Gasteiger partial charge in [0.2, 0.25) is 0 Å². The van der Waals surface area contributed by atoms with Crippen LogP contribution < -0.4 is 10.6 Å². The van der Waals surface area contributed by atoms with Crippen molar-refractivity contribution in [2.24, 2.45) is 5.92 Å². The van der Waals surface area contributed by atoms with Crippen LogP contribution >= 0.6 is 11.6 Å². The summed E-state index contributed by atoms with van der Waals surface area (Å²) in [6.07, 6.45) is -0.0628. The van der Waals surface area contributed by atoms with Crippen LogP contribution in [0.5, 0.6) is 0 Å². The Morgan fingerprint density at radius 3 is 2.71 bits per heavy atom. The Bertz CT molecular complexity index is 564. The number of rotatable bonds is 6. The molecule has 0 saturated heterocycles. The quantitative estimate of drug-likeness (QED) is 0.550. The first-order valence-electron chi connectivity index (χ1n) is 6.00. The van der Waals surface area contributed by atoms with E-state index >= 15 is 0 Å². The van der Waals surface area contributed by atoms with Gasteiger partial charge in [0.25, 0.3) is 5.69 Å². The third-order valence-electron chi connectivity index (χ3n) is 2.53. The zero-order valence-electron chi connectivity index (χ0n) is 11.1. The SMILES string of the molecule is CC(CNC(=O)Nc1ccc(Cl)c([N+](=O)[O-])c1)CC(=O)O. The Kier molecular flexibility index (Phi) is 5.92. The average Bonchev–Trinajstić information content (AvgIpc) is 2.37. The van der Waals surface area contributed by atoms with Gasteiger partial charge < -0.3 is 15.7 Å². The molecule has 0 radical (unpaired) electrons. The Labute approximate surface area is 125 Å². The maximum Gasteiger partial charge on any atom is 0.319 e. The van der Waals surface area contributed by atoms with Crippen molar-refractivity contribution in [2.75, 3.05) is 11.9 Å². The van der Waals surface area contributed by atoms with Crippen molar-refractivity contribution in [2.45, 2.75) is 13.3 Å². The number of benzene rings is 1. The van der Waals surface area contributed by atoms with Crippen LogP contribution in [0.25, 0.3) is 0 Å². The second-order valence-electron chi connectivity index (χ2n) is 4.46. The fraction of sp³-hybridized carbons (Fsp3) is 0.333. The molecule has 0 saturated carbocycles. The van der Waals surface area contributed by atoms with Gasteiger partial charge in [-0.05, 0) is 18.1 Å². The molecule has 9 heteroatoms. The van der Waals surface area contributed by atoms with E-state index in [0.29, 0.717) is 0 Å². The van der Waals surface area contributed by atoms with Crippen molar-refractivity contribution in [1.82, 2.24) is 5.32 Å². The molecule has 1 unspecified atom stereocenters. The first kappa shape index (κ1) is 16.7. The van der Waals surface area contributed by atoms with Gasteiger partial charge in [-0.2, -0.15) is 0 Å². The fourth-order valence-electron chi connectivity index (χ4n) is 1.54. The second-order valence-corrected chi connectivity index (χ2v) is 4.87. The number of nitro groups is 1. The number of aliphatic carboxylic acids is 1. The van der Waals surface area contributed by atoms with Crippen LogP contribution in [0.4, 0.5) is 16.2 Å². The van der Waals surface area contributed by atoms with Crippen LogP contribution in [0.3, 0.4) is 0 Å². The van der Waals surface area contributed by atoms with E-state index < -0.39 is 16.9 Å². The van der Waals surface area contributed by atoms with E-state index in [-0.39, 0.29) is 35.3 Å². The summed E-state index contributed by atoms with van der Waals surface area (Å²) in [6, 6.07) is 3.30. The highest BCUT2D eigenvalue weighted by Crippen LogP contribution is 2.27. The first-order chi connectivity index (χ1) is 9.79. The molecule has 0 heterocycles. The van der Waals surface area contributed by atoms with E-state index in [2.05, 4.69) is 10.6 Å². The third-order valence-corrected chi connectivity index (χ3v) is 2.85. The number of carbonyl (C=O) groups excluding carboxylic acids is 1. The van der Waals surface area contributed by atoms with E-state index in [1.165, 1.54) is 12.1 Å². The van der Waals surface area contributed by atoms with Gasteiger partial charge in [-0.15, -0.1) is 0 Å². The Hall–Kier alpha value is -2.35. The molecule has 0 fully saturated rings. The number of hydrogen-bond acceptors (Lipinski definition) is 4. The van der Waals surface area contributed by atoms with Crippen molar-refractivity contribution in [3.63, 3.8) is 0 Å². The minimum Gasteiger partial charge on any atom is -0.481 e.